The van der Waals surface area contributed by atoms with Gasteiger partial charge in [-0.25, -0.2) is 0 Å². The van der Waals surface area contributed by atoms with Gasteiger partial charge in [-0.2, -0.15) is 0 Å². The number of hydrogen-bond acceptors (Lipinski definition) is 0. The van der Waals surface area contributed by atoms with E-state index in [-0.39, 0.29) is 0 Å². The first-order valence-electron chi connectivity index (χ1n) is 23.8. The Morgan fingerprint density at radius 3 is 1.09 bits per heavy atom. The Kier molecular flexibility index (Phi) is 9.88. The van der Waals surface area contributed by atoms with Crippen LogP contribution in [0.15, 0.2) is 279 Å². The summed E-state index contributed by atoms with van der Waals surface area (Å²) in [4.78, 5) is 0. The van der Waals surface area contributed by atoms with E-state index in [0.717, 1.165) is 16.9 Å². The van der Waals surface area contributed by atoms with Crippen molar-refractivity contribution in [1.29, 1.82) is 0 Å². The molecule has 0 aliphatic rings. The molecule has 0 fully saturated rings. The Balaban J connectivity index is 1.14. The highest BCUT2D eigenvalue weighted by atomic mass is 28.3. The highest BCUT2D eigenvalue weighted by Crippen LogP contribution is 2.43. The van der Waals surface area contributed by atoms with Crippen LogP contribution in [0, 0.1) is 0 Å². The first-order valence-corrected chi connectivity index (χ1v) is 25.8. The average molecular weight is 895 g/mol. The van der Waals surface area contributed by atoms with Crippen molar-refractivity contribution in [2.75, 3.05) is 0 Å². The minimum atomic E-state index is -3.06. The van der Waals surface area contributed by atoms with E-state index in [1.165, 1.54) is 92.2 Å². The van der Waals surface area contributed by atoms with Gasteiger partial charge in [0.05, 0.1) is 27.8 Å². The van der Waals surface area contributed by atoms with Crippen LogP contribution < -0.4 is 20.7 Å². The molecule has 11 aromatic carbocycles. The van der Waals surface area contributed by atoms with Crippen molar-refractivity contribution in [2.45, 2.75) is 0 Å². The lowest BCUT2D eigenvalue weighted by molar-refractivity contribution is 1.17. The van der Waals surface area contributed by atoms with Crippen LogP contribution in [0.4, 0.5) is 0 Å². The lowest BCUT2D eigenvalue weighted by Gasteiger charge is -2.36. The van der Waals surface area contributed by atoms with Gasteiger partial charge in [0.2, 0.25) is 0 Å². The van der Waals surface area contributed by atoms with Gasteiger partial charge in [0.15, 0.2) is 8.07 Å². The van der Waals surface area contributed by atoms with Crippen molar-refractivity contribution in [1.82, 2.24) is 9.13 Å². The number of para-hydroxylation sites is 3. The monoisotopic (exact) mass is 894 g/mol. The van der Waals surface area contributed by atoms with Crippen molar-refractivity contribution < 1.29 is 0 Å². The molecule has 0 radical (unpaired) electrons. The molecule has 0 saturated heterocycles. The Morgan fingerprint density at radius 1 is 0.232 bits per heavy atom. The molecule has 0 spiro atoms. The maximum Gasteiger partial charge on any atom is 0.179 e. The molecular weight excluding hydrogens is 849 g/mol. The van der Waals surface area contributed by atoms with Gasteiger partial charge >= 0.3 is 0 Å². The lowest BCUT2D eigenvalue weighted by atomic mass is 9.95. The Bertz CT molecular complexity index is 3820. The minimum absolute atomic E-state index is 1.14. The zero-order valence-electron chi connectivity index (χ0n) is 38.0. The van der Waals surface area contributed by atoms with Gasteiger partial charge in [-0.1, -0.05) is 243 Å². The van der Waals surface area contributed by atoms with Crippen LogP contribution in [-0.2, 0) is 0 Å². The highest BCUT2D eigenvalue weighted by molar-refractivity contribution is 7.20. The van der Waals surface area contributed by atoms with Crippen LogP contribution >= 0.6 is 0 Å². The van der Waals surface area contributed by atoms with Gasteiger partial charge in [0.1, 0.15) is 0 Å². The SMILES string of the molecule is c1ccc(-c2ccc([Si](c3ccccc3)(c3ccccc3)c3cc(-c4ccccc4)c(-n4c5ccccc5c5cc(-n6c7ccccc7c7ccccc76)ccc54)c(-c4ccccc4)c3)cc2)cc1. The number of aromatic nitrogens is 2. The molecule has 0 aliphatic heterocycles. The molecule has 0 bridgehead atoms. The van der Waals surface area contributed by atoms with E-state index in [0.29, 0.717) is 0 Å². The first-order chi connectivity index (χ1) is 34.3. The van der Waals surface area contributed by atoms with Crippen LogP contribution in [-0.4, -0.2) is 17.2 Å². The molecule has 0 aliphatic carbocycles. The molecule has 69 heavy (non-hydrogen) atoms. The predicted octanol–water partition coefficient (Wildman–Crippen LogP) is 14.3. The second-order valence-electron chi connectivity index (χ2n) is 18.0. The zero-order valence-corrected chi connectivity index (χ0v) is 39.0. The summed E-state index contributed by atoms with van der Waals surface area (Å²) in [5.74, 6) is 0. The number of nitrogens with zero attached hydrogens (tertiary/aromatic N) is 2. The summed E-state index contributed by atoms with van der Waals surface area (Å²) >= 11 is 0. The van der Waals surface area contributed by atoms with Gasteiger partial charge in [-0.3, -0.25) is 0 Å². The van der Waals surface area contributed by atoms with Gasteiger partial charge in [0, 0.05) is 38.4 Å². The molecule has 324 valence electrons. The molecule has 0 amide bonds. The molecule has 3 heteroatoms. The van der Waals surface area contributed by atoms with Crippen molar-refractivity contribution in [3.63, 3.8) is 0 Å². The molecule has 2 heterocycles. The third-order valence-corrected chi connectivity index (χ3v) is 19.0. The smallest absolute Gasteiger partial charge is 0.179 e. The Hall–Kier alpha value is -8.76. The lowest BCUT2D eigenvalue weighted by Crippen LogP contribution is -2.74. The molecule has 2 nitrogen and oxygen atoms in total. The summed E-state index contributed by atoms with van der Waals surface area (Å²) in [7, 11) is -3.06. The van der Waals surface area contributed by atoms with E-state index in [2.05, 4.69) is 288 Å². The summed E-state index contributed by atoms with van der Waals surface area (Å²) in [6.45, 7) is 0. The van der Waals surface area contributed by atoms with Crippen LogP contribution in [0.3, 0.4) is 0 Å². The van der Waals surface area contributed by atoms with E-state index in [1.807, 2.05) is 0 Å². The van der Waals surface area contributed by atoms with E-state index < -0.39 is 8.07 Å². The fourth-order valence-electron chi connectivity index (χ4n) is 11.2. The Labute approximate surface area is 403 Å². The number of rotatable bonds is 9. The quantitative estimate of drug-likeness (QED) is 0.101. The van der Waals surface area contributed by atoms with Crippen LogP contribution in [0.25, 0.3) is 88.4 Å². The van der Waals surface area contributed by atoms with Crippen molar-refractivity contribution in [3.05, 3.63) is 279 Å². The van der Waals surface area contributed by atoms with Gasteiger partial charge in [0.25, 0.3) is 0 Å². The second-order valence-corrected chi connectivity index (χ2v) is 21.8. The molecule has 0 atom stereocenters. The fraction of sp³-hybridized carbons (Fsp3) is 0. The minimum Gasteiger partial charge on any atom is -0.309 e. The largest absolute Gasteiger partial charge is 0.309 e. The summed E-state index contributed by atoms with van der Waals surface area (Å²) in [5.41, 5.74) is 14.2. The van der Waals surface area contributed by atoms with Crippen molar-refractivity contribution in [3.8, 4) is 44.8 Å². The maximum atomic E-state index is 2.56. The fourth-order valence-corrected chi connectivity index (χ4v) is 16.0. The molecule has 2 aromatic heterocycles. The van der Waals surface area contributed by atoms with Gasteiger partial charge in [-0.15, -0.1) is 0 Å². The molecule has 13 aromatic rings. The maximum absolute atomic E-state index is 3.06. The standard InChI is InChI=1S/C66H46N2Si/c1-6-22-47(23-7-1)48-38-41-54(42-39-48)69(52-28-12-4-13-29-52,53-30-14-5-15-31-53)55-45-59(49-24-8-2-9-25-49)66(60(46-55)50-26-10-3-11-27-50)68-64-37-21-18-34-58(64)61-44-51(40-43-65(61)68)67-62-35-19-16-32-56(62)57-33-17-20-36-63(57)67/h1-46H. The van der Waals surface area contributed by atoms with E-state index in [4.69, 9.17) is 0 Å². The van der Waals surface area contributed by atoms with Gasteiger partial charge in [-0.05, 0) is 79.4 Å². The second kappa shape index (κ2) is 16.8. The topological polar surface area (TPSA) is 9.86 Å². The number of benzene rings is 11. The molecular formula is C66H46N2Si. The van der Waals surface area contributed by atoms with Crippen LogP contribution in [0.1, 0.15) is 0 Å². The zero-order chi connectivity index (χ0) is 45.7. The molecule has 13 rings (SSSR count). The summed E-state index contributed by atoms with van der Waals surface area (Å²) < 4.78 is 4.98. The Morgan fingerprint density at radius 2 is 0.594 bits per heavy atom. The summed E-state index contributed by atoms with van der Waals surface area (Å²) in [5, 5.41) is 10.3. The highest BCUT2D eigenvalue weighted by Gasteiger charge is 2.42. The number of fused-ring (bicyclic) bond motifs is 6. The third kappa shape index (κ3) is 6.62. The normalized spacial score (nSPS) is 11.8. The van der Waals surface area contributed by atoms with E-state index >= 15 is 0 Å². The van der Waals surface area contributed by atoms with Crippen LogP contribution in [0.5, 0.6) is 0 Å². The van der Waals surface area contributed by atoms with Crippen molar-refractivity contribution >= 4 is 72.4 Å². The van der Waals surface area contributed by atoms with E-state index in [9.17, 15) is 0 Å². The molecule has 0 saturated carbocycles. The third-order valence-electron chi connectivity index (χ3n) is 14.3. The number of hydrogen-bond donors (Lipinski definition) is 0. The molecule has 0 unspecified atom stereocenters. The van der Waals surface area contributed by atoms with E-state index in [1.54, 1.807) is 0 Å². The van der Waals surface area contributed by atoms with Gasteiger partial charge < -0.3 is 9.13 Å². The van der Waals surface area contributed by atoms with Crippen molar-refractivity contribution in [2.24, 2.45) is 0 Å². The predicted molar refractivity (Wildman–Crippen MR) is 295 cm³/mol. The average Bonchev–Trinajstić information content (AvgIpc) is 3.95. The molecule has 0 N–H and O–H groups in total. The first kappa shape index (κ1) is 40.5. The van der Waals surface area contributed by atoms with Crippen LogP contribution in [0.2, 0.25) is 0 Å². The summed E-state index contributed by atoms with van der Waals surface area (Å²) in [6.07, 6.45) is 0. The summed E-state index contributed by atoms with van der Waals surface area (Å²) in [6, 6.07) is 104.